The first kappa shape index (κ1) is 14.4. The molecule has 2 heterocycles. The minimum Gasteiger partial charge on any atom is -0.463 e. The number of nitrogens with zero attached hydrogens (tertiary/aromatic N) is 2. The van der Waals surface area contributed by atoms with Crippen molar-refractivity contribution < 1.29 is 9.21 Å². The Hall–Kier alpha value is -3.59. The zero-order valence-electron chi connectivity index (χ0n) is 12.0. The van der Waals surface area contributed by atoms with Crippen molar-refractivity contribution in [2.75, 3.05) is 5.73 Å². The Morgan fingerprint density at radius 2 is 1.96 bits per heavy atom. The fraction of sp³-hybridized carbons (Fsp3) is 0. The summed E-state index contributed by atoms with van der Waals surface area (Å²) in [6.07, 6.45) is 1.53. The molecule has 6 nitrogen and oxygen atoms in total. The Balaban J connectivity index is 2.17. The molecule has 0 aliphatic rings. The molecule has 112 valence electrons. The molecule has 0 saturated heterocycles. The quantitative estimate of drug-likeness (QED) is 0.770. The molecule has 4 N–H and O–H groups in total. The van der Waals surface area contributed by atoms with E-state index in [2.05, 4.69) is 11.1 Å². The SMILES string of the molecule is N#Cc1c(-c2ccc(C(N)=O)cc2)cc(-c2ccco2)nc1N. The van der Waals surface area contributed by atoms with Gasteiger partial charge in [0.2, 0.25) is 5.91 Å². The second kappa shape index (κ2) is 5.66. The highest BCUT2D eigenvalue weighted by Crippen LogP contribution is 2.31. The predicted octanol–water partition coefficient (Wildman–Crippen LogP) is 2.56. The number of nitrogens with two attached hydrogens (primary N) is 2. The largest absolute Gasteiger partial charge is 0.463 e. The Bertz CT molecular complexity index is 907. The molecule has 23 heavy (non-hydrogen) atoms. The molecular weight excluding hydrogens is 292 g/mol. The van der Waals surface area contributed by atoms with Gasteiger partial charge in [-0.3, -0.25) is 4.79 Å². The summed E-state index contributed by atoms with van der Waals surface area (Å²) >= 11 is 0. The van der Waals surface area contributed by atoms with Gasteiger partial charge in [0.05, 0.1) is 6.26 Å². The molecule has 0 aliphatic carbocycles. The molecule has 0 saturated carbocycles. The summed E-state index contributed by atoms with van der Waals surface area (Å²) in [7, 11) is 0. The molecular formula is C17H12N4O2. The molecule has 0 radical (unpaired) electrons. The molecule has 0 atom stereocenters. The van der Waals surface area contributed by atoms with Crippen LogP contribution in [-0.2, 0) is 0 Å². The van der Waals surface area contributed by atoms with Gasteiger partial charge < -0.3 is 15.9 Å². The highest BCUT2D eigenvalue weighted by molar-refractivity contribution is 5.93. The van der Waals surface area contributed by atoms with E-state index < -0.39 is 5.91 Å². The number of amides is 1. The maximum absolute atomic E-state index is 11.2. The maximum atomic E-state index is 11.2. The number of furan rings is 1. The summed E-state index contributed by atoms with van der Waals surface area (Å²) in [6, 6.07) is 13.9. The molecule has 0 spiro atoms. The fourth-order valence-electron chi connectivity index (χ4n) is 2.27. The Morgan fingerprint density at radius 1 is 1.22 bits per heavy atom. The Morgan fingerprint density at radius 3 is 2.52 bits per heavy atom. The van der Waals surface area contributed by atoms with E-state index in [0.29, 0.717) is 22.6 Å². The van der Waals surface area contributed by atoms with E-state index >= 15 is 0 Å². The molecule has 0 aliphatic heterocycles. The van der Waals surface area contributed by atoms with E-state index in [4.69, 9.17) is 15.9 Å². The van der Waals surface area contributed by atoms with Crippen molar-refractivity contribution in [2.45, 2.75) is 0 Å². The van der Waals surface area contributed by atoms with Gasteiger partial charge in [-0.25, -0.2) is 4.98 Å². The maximum Gasteiger partial charge on any atom is 0.248 e. The zero-order valence-corrected chi connectivity index (χ0v) is 12.0. The third kappa shape index (κ3) is 2.63. The second-order valence-corrected chi connectivity index (χ2v) is 4.85. The molecule has 0 bridgehead atoms. The highest BCUT2D eigenvalue weighted by atomic mass is 16.3. The molecule has 3 rings (SSSR count). The van der Waals surface area contributed by atoms with Crippen molar-refractivity contribution in [1.29, 1.82) is 5.26 Å². The number of aromatic nitrogens is 1. The van der Waals surface area contributed by atoms with Crippen LogP contribution in [0.2, 0.25) is 0 Å². The molecule has 0 fully saturated rings. The van der Waals surface area contributed by atoms with Crippen LogP contribution in [0.5, 0.6) is 0 Å². The van der Waals surface area contributed by atoms with E-state index in [9.17, 15) is 10.1 Å². The lowest BCUT2D eigenvalue weighted by Gasteiger charge is -2.09. The van der Waals surface area contributed by atoms with Crippen LogP contribution < -0.4 is 11.5 Å². The predicted molar refractivity (Wildman–Crippen MR) is 85.0 cm³/mol. The van der Waals surface area contributed by atoms with Gasteiger partial charge in [0, 0.05) is 11.1 Å². The smallest absolute Gasteiger partial charge is 0.248 e. The van der Waals surface area contributed by atoms with E-state index in [-0.39, 0.29) is 11.4 Å². The van der Waals surface area contributed by atoms with Crippen LogP contribution >= 0.6 is 0 Å². The van der Waals surface area contributed by atoms with Crippen LogP contribution in [-0.4, -0.2) is 10.9 Å². The van der Waals surface area contributed by atoms with Gasteiger partial charge >= 0.3 is 0 Å². The van der Waals surface area contributed by atoms with Gasteiger partial charge in [-0.15, -0.1) is 0 Å². The van der Waals surface area contributed by atoms with E-state index in [1.54, 1.807) is 42.5 Å². The van der Waals surface area contributed by atoms with Crippen LogP contribution in [0.3, 0.4) is 0 Å². The number of primary amides is 1. The zero-order chi connectivity index (χ0) is 16.4. The van der Waals surface area contributed by atoms with Crippen LogP contribution in [0.1, 0.15) is 15.9 Å². The van der Waals surface area contributed by atoms with Gasteiger partial charge in [0.15, 0.2) is 5.76 Å². The first-order valence-corrected chi connectivity index (χ1v) is 6.75. The van der Waals surface area contributed by atoms with Crippen molar-refractivity contribution in [1.82, 2.24) is 4.98 Å². The monoisotopic (exact) mass is 304 g/mol. The molecule has 1 amide bonds. The lowest BCUT2D eigenvalue weighted by molar-refractivity contribution is 0.100. The molecule has 2 aromatic heterocycles. The first-order chi connectivity index (χ1) is 11.1. The number of pyridine rings is 1. The van der Waals surface area contributed by atoms with Crippen molar-refractivity contribution in [2.24, 2.45) is 5.73 Å². The van der Waals surface area contributed by atoms with Gasteiger partial charge in [-0.05, 0) is 35.9 Å². The van der Waals surface area contributed by atoms with Gasteiger partial charge in [0.1, 0.15) is 23.1 Å². The standard InChI is InChI=1S/C17H12N4O2/c18-9-13-12(10-3-5-11(6-4-10)17(20)22)8-14(21-16(13)19)15-2-1-7-23-15/h1-8H,(H2,19,21)(H2,20,22). The number of hydrogen-bond donors (Lipinski definition) is 2. The normalized spacial score (nSPS) is 10.2. The van der Waals surface area contributed by atoms with E-state index in [1.807, 2.05) is 0 Å². The lowest BCUT2D eigenvalue weighted by Crippen LogP contribution is -2.10. The topological polar surface area (TPSA) is 119 Å². The fourth-order valence-corrected chi connectivity index (χ4v) is 2.27. The summed E-state index contributed by atoms with van der Waals surface area (Å²) in [5, 5.41) is 9.36. The van der Waals surface area contributed by atoms with Crippen LogP contribution in [0.25, 0.3) is 22.6 Å². The Labute approximate surface area is 132 Å². The third-order valence-corrected chi connectivity index (χ3v) is 3.41. The van der Waals surface area contributed by atoms with Crippen molar-refractivity contribution in [3.63, 3.8) is 0 Å². The van der Waals surface area contributed by atoms with Crippen LogP contribution in [0.4, 0.5) is 5.82 Å². The van der Waals surface area contributed by atoms with Crippen LogP contribution in [0.15, 0.2) is 53.1 Å². The van der Waals surface area contributed by atoms with Crippen LogP contribution in [0, 0.1) is 11.3 Å². The number of carbonyl (C=O) groups excluding carboxylic acids is 1. The number of hydrogen-bond acceptors (Lipinski definition) is 5. The Kier molecular flexibility index (Phi) is 3.53. The average Bonchev–Trinajstić information content (AvgIpc) is 3.08. The number of benzene rings is 1. The summed E-state index contributed by atoms with van der Waals surface area (Å²) in [5.74, 6) is 0.161. The minimum absolute atomic E-state index is 0.121. The summed E-state index contributed by atoms with van der Waals surface area (Å²) in [6.45, 7) is 0. The van der Waals surface area contributed by atoms with Gasteiger partial charge in [-0.2, -0.15) is 5.26 Å². The number of rotatable bonds is 3. The average molecular weight is 304 g/mol. The summed E-state index contributed by atoms with van der Waals surface area (Å²) < 4.78 is 5.33. The number of anilines is 1. The van der Waals surface area contributed by atoms with Crippen molar-refractivity contribution in [3.05, 3.63) is 59.9 Å². The molecule has 6 heteroatoms. The summed E-state index contributed by atoms with van der Waals surface area (Å²) in [5.41, 5.74) is 13.7. The summed E-state index contributed by atoms with van der Waals surface area (Å²) in [4.78, 5) is 15.4. The lowest BCUT2D eigenvalue weighted by atomic mass is 9.98. The van der Waals surface area contributed by atoms with Crippen molar-refractivity contribution >= 4 is 11.7 Å². The van der Waals surface area contributed by atoms with E-state index in [1.165, 1.54) is 6.26 Å². The van der Waals surface area contributed by atoms with Gasteiger partial charge in [-0.1, -0.05) is 12.1 Å². The number of nitriles is 1. The van der Waals surface area contributed by atoms with Gasteiger partial charge in [0.25, 0.3) is 0 Å². The third-order valence-electron chi connectivity index (χ3n) is 3.41. The molecule has 0 unspecified atom stereocenters. The van der Waals surface area contributed by atoms with E-state index in [0.717, 1.165) is 5.56 Å². The van der Waals surface area contributed by atoms with Crippen molar-refractivity contribution in [3.8, 4) is 28.7 Å². The highest BCUT2D eigenvalue weighted by Gasteiger charge is 2.14. The molecule has 3 aromatic rings. The number of nitrogen functional groups attached to an aromatic ring is 1. The number of carbonyl (C=O) groups is 1. The molecule has 1 aromatic carbocycles. The first-order valence-electron chi connectivity index (χ1n) is 6.75. The second-order valence-electron chi connectivity index (χ2n) is 4.85. The minimum atomic E-state index is -0.512.